The fraction of sp³-hybridized carbons (Fsp3) is 0.472. The minimum atomic E-state index is -3.29. The number of aliphatic hydroxyl groups excluding tert-OH is 2. The highest BCUT2D eigenvalue weighted by atomic mass is 19.3. The average Bonchev–Trinajstić information content (AvgIpc) is 4.10. The summed E-state index contributed by atoms with van der Waals surface area (Å²) in [6, 6.07) is 13.8. The van der Waals surface area contributed by atoms with Crippen LogP contribution < -0.4 is 10.6 Å². The SMILES string of the molecule is COC(=O)N[C@H](C(=O)N1CC2(CC2)C[C@H]1c1ncc(-c2ccc3c(c2)C(F)(F)c2cc(-c4ccc5nc([C@@H]6[C@H]7CC[C@H](C7)N6C(=O)[C@@H](NC(=O)OC)C(C)C)[nH]c5c4)ccc2-3)[nH]1)C(C)C.O=C(O)[C@@H](O)[C@H](O)C(=O)O. The predicted molar refractivity (Wildman–Crippen MR) is 265 cm³/mol. The van der Waals surface area contributed by atoms with Crippen molar-refractivity contribution in [1.29, 1.82) is 0 Å². The number of hydrogen-bond acceptors (Lipinski definition) is 12. The van der Waals surface area contributed by atoms with E-state index in [0.717, 1.165) is 49.6 Å². The third-order valence-electron chi connectivity index (χ3n) is 15.5. The van der Waals surface area contributed by atoms with Gasteiger partial charge in [-0.1, -0.05) is 58.0 Å². The molecule has 398 valence electrons. The maximum absolute atomic E-state index is 16.7. The van der Waals surface area contributed by atoms with E-state index in [0.29, 0.717) is 51.7 Å². The van der Waals surface area contributed by atoms with Crippen molar-refractivity contribution in [3.8, 4) is 33.5 Å². The second kappa shape index (κ2) is 20.0. The molecule has 5 aromatic rings. The number of halogens is 2. The first-order chi connectivity index (χ1) is 35.6. The van der Waals surface area contributed by atoms with E-state index in [4.69, 9.17) is 39.9 Å². The van der Waals surface area contributed by atoms with E-state index in [1.165, 1.54) is 20.3 Å². The molecule has 3 aliphatic carbocycles. The van der Waals surface area contributed by atoms with E-state index in [-0.39, 0.29) is 64.2 Å². The number of aliphatic hydroxyl groups is 2. The van der Waals surface area contributed by atoms with Gasteiger partial charge in [0.15, 0.2) is 12.2 Å². The molecule has 2 saturated carbocycles. The van der Waals surface area contributed by atoms with E-state index in [9.17, 15) is 28.8 Å². The van der Waals surface area contributed by atoms with Crippen molar-refractivity contribution >= 4 is 47.0 Å². The Balaban J connectivity index is 0.000000626. The van der Waals surface area contributed by atoms with Crippen molar-refractivity contribution in [2.45, 2.75) is 115 Å². The third-order valence-corrected chi connectivity index (χ3v) is 15.5. The number of imidazole rings is 2. The number of methoxy groups -OCH3 is 2. The maximum atomic E-state index is 16.7. The molecule has 2 saturated heterocycles. The largest absolute Gasteiger partial charge is 0.479 e. The molecule has 4 amide bonds. The van der Waals surface area contributed by atoms with Crippen LogP contribution in [0.1, 0.15) is 101 Å². The molecule has 5 aliphatic rings. The monoisotopic (exact) mass is 1040 g/mol. The molecule has 75 heavy (non-hydrogen) atoms. The number of H-pyrrole nitrogens is 2. The van der Waals surface area contributed by atoms with E-state index in [1.807, 2.05) is 62.9 Å². The molecule has 2 aromatic heterocycles. The molecular weight excluding hydrogens is 979 g/mol. The topological polar surface area (TPSA) is 290 Å². The summed E-state index contributed by atoms with van der Waals surface area (Å²) in [5.41, 5.74) is 4.68. The normalized spacial score (nSPS) is 22.0. The molecule has 2 bridgehead atoms. The number of aromatic nitrogens is 4. The highest BCUT2D eigenvalue weighted by molar-refractivity contribution is 5.90. The zero-order chi connectivity index (χ0) is 54.0. The Morgan fingerprint density at radius 2 is 1.31 bits per heavy atom. The Labute approximate surface area is 429 Å². The highest BCUT2D eigenvalue weighted by Gasteiger charge is 2.56. The number of carboxylic acid groups (broad SMARTS) is 2. The van der Waals surface area contributed by atoms with Crippen LogP contribution in [-0.4, -0.2) is 137 Å². The van der Waals surface area contributed by atoms with Crippen LogP contribution in [0.2, 0.25) is 0 Å². The minimum absolute atomic E-state index is 0.0102. The van der Waals surface area contributed by atoms with Gasteiger partial charge in [-0.2, -0.15) is 8.78 Å². The van der Waals surface area contributed by atoms with Crippen molar-refractivity contribution in [3.63, 3.8) is 0 Å². The Bertz CT molecular complexity index is 3060. The molecule has 4 heterocycles. The van der Waals surface area contributed by atoms with Crippen LogP contribution in [0.4, 0.5) is 18.4 Å². The lowest BCUT2D eigenvalue weighted by Crippen LogP contribution is -2.54. The molecule has 2 aliphatic heterocycles. The lowest BCUT2D eigenvalue weighted by atomic mass is 9.95. The van der Waals surface area contributed by atoms with Crippen molar-refractivity contribution < 1.29 is 67.4 Å². The Morgan fingerprint density at radius 1 is 0.747 bits per heavy atom. The summed E-state index contributed by atoms with van der Waals surface area (Å²) in [6.45, 7) is 8.09. The number of fused-ring (bicyclic) bond motifs is 6. The molecule has 0 unspecified atom stereocenters. The van der Waals surface area contributed by atoms with Gasteiger partial charge >= 0.3 is 24.1 Å². The Kier molecular flexibility index (Phi) is 14.0. The smallest absolute Gasteiger partial charge is 0.407 e. The van der Waals surface area contributed by atoms with Crippen molar-refractivity contribution in [2.75, 3.05) is 20.8 Å². The number of aromatic amines is 2. The predicted octanol–water partition coefficient (Wildman–Crippen LogP) is 6.48. The highest BCUT2D eigenvalue weighted by Crippen LogP contribution is 2.59. The number of benzene rings is 3. The summed E-state index contributed by atoms with van der Waals surface area (Å²) in [6.07, 6.45) is 1.22. The van der Waals surface area contributed by atoms with Crippen LogP contribution in [0.3, 0.4) is 0 Å². The Morgan fingerprint density at radius 3 is 1.88 bits per heavy atom. The average molecular weight is 1040 g/mol. The summed E-state index contributed by atoms with van der Waals surface area (Å²) in [7, 11) is 2.54. The zero-order valence-electron chi connectivity index (χ0n) is 42.1. The first kappa shape index (κ1) is 52.4. The molecule has 8 atom stereocenters. The third kappa shape index (κ3) is 9.76. The van der Waals surface area contributed by atoms with Crippen LogP contribution in [-0.2, 0) is 34.6 Å². The number of likely N-dealkylation sites (tertiary alicyclic amines) is 2. The van der Waals surface area contributed by atoms with E-state index in [1.54, 1.807) is 29.3 Å². The van der Waals surface area contributed by atoms with Gasteiger partial charge in [-0.25, -0.2) is 29.1 Å². The number of rotatable bonds is 13. The molecule has 20 nitrogen and oxygen atoms in total. The number of amides is 4. The Hall–Kier alpha value is -7.46. The van der Waals surface area contributed by atoms with Gasteiger partial charge in [0, 0.05) is 29.3 Å². The van der Waals surface area contributed by atoms with Gasteiger partial charge in [-0.3, -0.25) is 9.59 Å². The van der Waals surface area contributed by atoms with Gasteiger partial charge in [0.05, 0.1) is 49.2 Å². The van der Waals surface area contributed by atoms with Crippen LogP contribution in [0.5, 0.6) is 0 Å². The number of hydrogen-bond donors (Lipinski definition) is 8. The molecule has 10 rings (SSSR count). The van der Waals surface area contributed by atoms with Crippen LogP contribution in [0.15, 0.2) is 60.8 Å². The molecule has 4 fully saturated rings. The molecule has 1 spiro atoms. The standard InChI is InChI=1S/C49H54F2N8O6.C4H6O6/c1-24(2)39(56-46(62)64-5)44(60)58-23-48(15-16-48)21-38(58)42-52-22-37(55-42)28-9-13-32-31-12-8-26(18-33(31)49(50,51)34(32)19-28)27-10-14-35-36(20-27)54-43(53-35)41-29-7-11-30(17-29)59(41)45(61)40(25(3)4)57-47(63)65-6;5-1(3(7)8)2(6)4(9)10/h8-10,12-14,18-20,22,24-25,29-30,38-41H,7,11,15-17,21,23H2,1-6H3,(H,52,55)(H,53,54)(H,56,62)(H,57,63);1-2,5-6H,(H,7,8)(H,9,10)/t29-,30+,38-,39-,40-,41-;1-,2-/m00/s1. The molecular formula is C53H60F2N8O12. The number of aliphatic carboxylic acids is 2. The molecule has 3 aromatic carbocycles. The number of carboxylic acids is 2. The molecule has 22 heteroatoms. The second-order valence-corrected chi connectivity index (χ2v) is 21.0. The summed E-state index contributed by atoms with van der Waals surface area (Å²) in [5.74, 6) is -6.07. The molecule has 0 radical (unpaired) electrons. The number of piperidine rings is 1. The van der Waals surface area contributed by atoms with Gasteiger partial charge in [-0.15, -0.1) is 0 Å². The summed E-state index contributed by atoms with van der Waals surface area (Å²) in [5, 5.41) is 38.0. The second-order valence-electron chi connectivity index (χ2n) is 21.0. The number of carbonyl (C=O) groups is 6. The quantitative estimate of drug-likeness (QED) is 0.0626. The summed E-state index contributed by atoms with van der Waals surface area (Å²) in [4.78, 5) is 92.1. The minimum Gasteiger partial charge on any atom is -0.479 e. The summed E-state index contributed by atoms with van der Waals surface area (Å²) < 4.78 is 43.0. The fourth-order valence-electron chi connectivity index (χ4n) is 11.3. The first-order valence-corrected chi connectivity index (χ1v) is 24.9. The van der Waals surface area contributed by atoms with Gasteiger partial charge in [0.1, 0.15) is 23.7 Å². The number of nitrogens with one attached hydrogen (secondary N) is 4. The van der Waals surface area contributed by atoms with E-state index < -0.39 is 54.3 Å². The number of alkyl halides is 2. The molecule has 8 N–H and O–H groups in total. The van der Waals surface area contributed by atoms with Gasteiger partial charge in [0.2, 0.25) is 11.8 Å². The number of nitrogens with zero attached hydrogens (tertiary/aromatic N) is 4. The van der Waals surface area contributed by atoms with Gasteiger partial charge in [0.25, 0.3) is 5.92 Å². The van der Waals surface area contributed by atoms with E-state index >= 15 is 8.78 Å². The lowest BCUT2D eigenvalue weighted by molar-refractivity contribution is -0.165. The first-order valence-electron chi connectivity index (χ1n) is 24.9. The van der Waals surface area contributed by atoms with Crippen LogP contribution >= 0.6 is 0 Å². The van der Waals surface area contributed by atoms with Gasteiger partial charge < -0.3 is 60.3 Å². The van der Waals surface area contributed by atoms with Crippen molar-refractivity contribution in [3.05, 3.63) is 83.6 Å². The fourth-order valence-corrected chi connectivity index (χ4v) is 11.3. The number of carbonyl (C=O) groups excluding carboxylic acids is 4. The van der Waals surface area contributed by atoms with E-state index in [2.05, 4.69) is 20.6 Å². The number of alkyl carbamates (subject to hydrolysis) is 2. The maximum Gasteiger partial charge on any atom is 0.407 e. The van der Waals surface area contributed by atoms with Crippen LogP contribution in [0.25, 0.3) is 44.5 Å². The number of ether oxygens (including phenoxy) is 2. The van der Waals surface area contributed by atoms with Gasteiger partial charge in [-0.05, 0) is 108 Å². The zero-order valence-corrected chi connectivity index (χ0v) is 42.1. The summed E-state index contributed by atoms with van der Waals surface area (Å²) >= 11 is 0. The lowest BCUT2D eigenvalue weighted by Gasteiger charge is -2.37. The van der Waals surface area contributed by atoms with Crippen molar-refractivity contribution in [1.82, 2.24) is 40.4 Å². The van der Waals surface area contributed by atoms with Crippen LogP contribution in [0, 0.1) is 23.2 Å². The van der Waals surface area contributed by atoms with Crippen molar-refractivity contribution in [2.24, 2.45) is 23.2 Å².